The van der Waals surface area contributed by atoms with E-state index < -0.39 is 10.4 Å². The number of aryl methyl sites for hydroxylation is 1. The maximum atomic E-state index is 8.74. The molecule has 0 unspecified atom stereocenters. The van der Waals surface area contributed by atoms with Crippen LogP contribution in [-0.4, -0.2) is 17.5 Å². The van der Waals surface area contributed by atoms with Gasteiger partial charge >= 0.3 is 40.0 Å². The van der Waals surface area contributed by atoms with E-state index in [2.05, 4.69) is 31.2 Å². The van der Waals surface area contributed by atoms with E-state index in [1.165, 1.54) is 5.56 Å². The van der Waals surface area contributed by atoms with Crippen molar-refractivity contribution in [1.29, 1.82) is 0 Å². The summed E-state index contributed by atoms with van der Waals surface area (Å²) in [7, 11) is -4.67. The zero-order chi connectivity index (χ0) is 10.3. The second kappa shape index (κ2) is 8.40. The standard InChI is InChI=1S/C8H10.Na.H2O4S.H/c1-2-8-6-4-3-5-7-8;;1-5(2,3)4;/h3-7H,2H2,1H3;;(H2,1,2,3,4);/q;+1;;-1. The van der Waals surface area contributed by atoms with Crippen LogP contribution >= 0.6 is 0 Å². The van der Waals surface area contributed by atoms with E-state index in [-0.39, 0.29) is 31.0 Å². The molecule has 0 aromatic heterocycles. The summed E-state index contributed by atoms with van der Waals surface area (Å²) in [5.41, 5.74) is 1.41. The molecule has 1 aromatic rings. The molecule has 0 heterocycles. The normalized spacial score (nSPS) is 9.36. The topological polar surface area (TPSA) is 74.6 Å². The molecule has 1 rings (SSSR count). The van der Waals surface area contributed by atoms with E-state index >= 15 is 0 Å². The fourth-order valence-electron chi connectivity index (χ4n) is 0.714. The van der Waals surface area contributed by atoms with Crippen LogP contribution in [0.5, 0.6) is 0 Å². The molecule has 0 fully saturated rings. The first-order valence-corrected chi connectivity index (χ1v) is 5.07. The molecule has 0 spiro atoms. The summed E-state index contributed by atoms with van der Waals surface area (Å²) >= 11 is 0. The quantitative estimate of drug-likeness (QED) is 0.463. The van der Waals surface area contributed by atoms with Crippen LogP contribution < -0.4 is 29.6 Å². The van der Waals surface area contributed by atoms with Gasteiger partial charge in [-0.3, -0.25) is 9.11 Å². The fraction of sp³-hybridized carbons (Fsp3) is 0.250. The molecule has 0 bridgehead atoms. The number of hydrogen-bond donors (Lipinski definition) is 2. The summed E-state index contributed by atoms with van der Waals surface area (Å²) < 4.78 is 31.6. The minimum Gasteiger partial charge on any atom is -1.00 e. The van der Waals surface area contributed by atoms with Crippen LogP contribution in [0.3, 0.4) is 0 Å². The first-order valence-electron chi connectivity index (χ1n) is 3.67. The van der Waals surface area contributed by atoms with Gasteiger partial charge in [0.15, 0.2) is 0 Å². The van der Waals surface area contributed by atoms with Crippen molar-refractivity contribution in [2.45, 2.75) is 13.3 Å². The summed E-state index contributed by atoms with van der Waals surface area (Å²) in [5.74, 6) is 0. The van der Waals surface area contributed by atoms with Crippen molar-refractivity contribution < 1.29 is 48.5 Å². The van der Waals surface area contributed by atoms with Gasteiger partial charge < -0.3 is 1.43 Å². The van der Waals surface area contributed by atoms with Crippen molar-refractivity contribution in [3.8, 4) is 0 Å². The van der Waals surface area contributed by atoms with Crippen LogP contribution in [0.15, 0.2) is 30.3 Å². The van der Waals surface area contributed by atoms with Crippen LogP contribution in [0.1, 0.15) is 13.9 Å². The van der Waals surface area contributed by atoms with Crippen molar-refractivity contribution in [3.63, 3.8) is 0 Å². The Bertz CT molecular complexity index is 320. The van der Waals surface area contributed by atoms with Gasteiger partial charge in [0.25, 0.3) is 0 Å². The van der Waals surface area contributed by atoms with Crippen LogP contribution in [0.25, 0.3) is 0 Å². The third-order valence-corrected chi connectivity index (χ3v) is 1.25. The molecule has 0 aliphatic heterocycles. The van der Waals surface area contributed by atoms with Gasteiger partial charge in [-0.05, 0) is 12.0 Å². The fourth-order valence-corrected chi connectivity index (χ4v) is 0.714. The van der Waals surface area contributed by atoms with Gasteiger partial charge in [-0.15, -0.1) is 0 Å². The monoisotopic (exact) mass is 228 g/mol. The molecule has 0 aliphatic rings. The van der Waals surface area contributed by atoms with Gasteiger partial charge in [-0.2, -0.15) is 8.42 Å². The Morgan fingerprint density at radius 2 is 1.57 bits per heavy atom. The molecule has 0 amide bonds. The Balaban J connectivity index is -0.000000185. The Labute approximate surface area is 108 Å². The molecule has 6 heteroatoms. The van der Waals surface area contributed by atoms with Crippen molar-refractivity contribution in [2.75, 3.05) is 0 Å². The van der Waals surface area contributed by atoms with Crippen molar-refractivity contribution in [3.05, 3.63) is 35.9 Å². The summed E-state index contributed by atoms with van der Waals surface area (Å²) in [5, 5.41) is 0. The van der Waals surface area contributed by atoms with E-state index in [0.717, 1.165) is 6.42 Å². The van der Waals surface area contributed by atoms with Gasteiger partial charge in [0.1, 0.15) is 0 Å². The average Bonchev–Trinajstić information content (AvgIpc) is 2.03. The first kappa shape index (κ1) is 16.5. The average molecular weight is 228 g/mol. The van der Waals surface area contributed by atoms with Gasteiger partial charge in [-0.25, -0.2) is 0 Å². The van der Waals surface area contributed by atoms with Crippen LogP contribution in [0, 0.1) is 0 Å². The Hall–Kier alpha value is 0.0900. The molecule has 0 aliphatic carbocycles. The molecule has 1 aromatic carbocycles. The summed E-state index contributed by atoms with van der Waals surface area (Å²) in [6.45, 7) is 2.16. The molecule has 76 valence electrons. The minimum atomic E-state index is -4.67. The first-order chi connectivity index (χ1) is 5.93. The molecule has 0 radical (unpaired) electrons. The molecule has 0 saturated heterocycles. The van der Waals surface area contributed by atoms with E-state index in [9.17, 15) is 0 Å². The molecule has 2 N–H and O–H groups in total. The Morgan fingerprint density at radius 3 is 1.79 bits per heavy atom. The van der Waals surface area contributed by atoms with Gasteiger partial charge in [-0.1, -0.05) is 37.3 Å². The van der Waals surface area contributed by atoms with Crippen LogP contribution in [0.2, 0.25) is 0 Å². The molecule has 0 atom stereocenters. The van der Waals surface area contributed by atoms with E-state index in [4.69, 9.17) is 17.5 Å². The minimum absolute atomic E-state index is 0. The predicted octanol–water partition coefficient (Wildman–Crippen LogP) is -1.29. The molecular formula is C8H13NaO4S. The summed E-state index contributed by atoms with van der Waals surface area (Å²) in [6.07, 6.45) is 1.14. The van der Waals surface area contributed by atoms with Crippen molar-refractivity contribution in [2.24, 2.45) is 0 Å². The summed E-state index contributed by atoms with van der Waals surface area (Å²) in [4.78, 5) is 0. The second-order valence-electron chi connectivity index (χ2n) is 2.29. The van der Waals surface area contributed by atoms with E-state index in [0.29, 0.717) is 0 Å². The number of rotatable bonds is 1. The maximum Gasteiger partial charge on any atom is 1.00 e. The molecule has 4 nitrogen and oxygen atoms in total. The zero-order valence-electron chi connectivity index (χ0n) is 9.21. The van der Waals surface area contributed by atoms with Gasteiger partial charge in [0, 0.05) is 0 Å². The number of benzene rings is 1. The number of hydrogen-bond acceptors (Lipinski definition) is 2. The third kappa shape index (κ3) is 14.6. The largest absolute Gasteiger partial charge is 1.00 e. The van der Waals surface area contributed by atoms with Crippen molar-refractivity contribution >= 4 is 10.4 Å². The van der Waals surface area contributed by atoms with Gasteiger partial charge in [0.2, 0.25) is 0 Å². The maximum absolute atomic E-state index is 8.74. The van der Waals surface area contributed by atoms with Crippen LogP contribution in [0.4, 0.5) is 0 Å². The smallest absolute Gasteiger partial charge is 1.00 e. The predicted molar refractivity (Wildman–Crippen MR) is 51.1 cm³/mol. The Morgan fingerprint density at radius 1 is 1.21 bits per heavy atom. The summed E-state index contributed by atoms with van der Waals surface area (Å²) in [6, 6.07) is 10.5. The molecule has 0 saturated carbocycles. The molecule has 14 heavy (non-hydrogen) atoms. The van der Waals surface area contributed by atoms with E-state index in [1.54, 1.807) is 0 Å². The zero-order valence-corrected chi connectivity index (χ0v) is 11.0. The van der Waals surface area contributed by atoms with E-state index in [1.807, 2.05) is 6.07 Å². The third-order valence-electron chi connectivity index (χ3n) is 1.25. The SMILES string of the molecule is CCc1ccccc1.O=S(=O)(O)O.[H-].[Na+]. The molecular weight excluding hydrogens is 215 g/mol. The van der Waals surface area contributed by atoms with Gasteiger partial charge in [0.05, 0.1) is 0 Å². The Kier molecular flexibility index (Phi) is 9.91. The second-order valence-corrected chi connectivity index (χ2v) is 3.18. The van der Waals surface area contributed by atoms with Crippen molar-refractivity contribution in [1.82, 2.24) is 0 Å². The van der Waals surface area contributed by atoms with Crippen LogP contribution in [-0.2, 0) is 16.8 Å².